The molecule has 102 valence electrons. The summed E-state index contributed by atoms with van der Waals surface area (Å²) in [5, 5.41) is 3.88. The van der Waals surface area contributed by atoms with E-state index in [1.807, 2.05) is 53.9 Å². The third-order valence-electron chi connectivity index (χ3n) is 3.47. The molecular weight excluding hydrogens is 348 g/mol. The highest BCUT2D eigenvalue weighted by atomic mass is 79.9. The normalized spacial score (nSPS) is 11.3. The molecule has 0 spiro atoms. The van der Waals surface area contributed by atoms with Crippen LogP contribution in [0.15, 0.2) is 62.1 Å². The van der Waals surface area contributed by atoms with Crippen LogP contribution in [-0.4, -0.2) is 5.78 Å². The minimum Gasteiger partial charge on any atom is -0.456 e. The van der Waals surface area contributed by atoms with Crippen LogP contribution < -0.4 is 0 Å². The van der Waals surface area contributed by atoms with Crippen molar-refractivity contribution in [2.24, 2.45) is 0 Å². The third-order valence-corrected chi connectivity index (χ3v) is 4.97. The van der Waals surface area contributed by atoms with Gasteiger partial charge >= 0.3 is 0 Å². The molecule has 0 saturated carbocycles. The lowest BCUT2D eigenvalue weighted by Crippen LogP contribution is -1.98. The first kappa shape index (κ1) is 12.8. The van der Waals surface area contributed by atoms with Gasteiger partial charge in [0.25, 0.3) is 0 Å². The van der Waals surface area contributed by atoms with Gasteiger partial charge in [-0.1, -0.05) is 18.2 Å². The summed E-state index contributed by atoms with van der Waals surface area (Å²) in [6.45, 7) is 0. The maximum atomic E-state index is 12.5. The fourth-order valence-corrected chi connectivity index (χ4v) is 3.60. The standard InChI is InChI=1S/C17H9BrO2S/c18-16-8-11(9-21-16)17(19)10-5-6-15-13(7-10)12-3-1-2-4-14(12)20-15/h1-9H. The Hall–Kier alpha value is -1.91. The SMILES string of the molecule is O=C(c1csc(Br)c1)c1ccc2oc3ccccc3c2c1. The van der Waals surface area contributed by atoms with Gasteiger partial charge in [-0.2, -0.15) is 0 Å². The number of thiophene rings is 1. The summed E-state index contributed by atoms with van der Waals surface area (Å²) in [5.41, 5.74) is 3.04. The lowest BCUT2D eigenvalue weighted by Gasteiger charge is -1.98. The Labute approximate surface area is 133 Å². The number of hydrogen-bond donors (Lipinski definition) is 0. The van der Waals surface area contributed by atoms with E-state index < -0.39 is 0 Å². The summed E-state index contributed by atoms with van der Waals surface area (Å²) in [5.74, 6) is 0.0316. The average molecular weight is 357 g/mol. The van der Waals surface area contributed by atoms with E-state index in [-0.39, 0.29) is 5.78 Å². The molecule has 4 aromatic rings. The lowest BCUT2D eigenvalue weighted by atomic mass is 10.0. The second kappa shape index (κ2) is 4.83. The summed E-state index contributed by atoms with van der Waals surface area (Å²) in [6, 6.07) is 15.3. The van der Waals surface area contributed by atoms with E-state index in [0.29, 0.717) is 11.1 Å². The van der Waals surface area contributed by atoms with E-state index in [2.05, 4.69) is 15.9 Å². The molecule has 0 saturated heterocycles. The zero-order valence-corrected chi connectivity index (χ0v) is 13.2. The van der Waals surface area contributed by atoms with E-state index in [0.717, 1.165) is 25.7 Å². The van der Waals surface area contributed by atoms with Gasteiger partial charge in [-0.25, -0.2) is 0 Å². The highest BCUT2D eigenvalue weighted by molar-refractivity contribution is 9.11. The Kier molecular flexibility index (Phi) is 2.94. The molecule has 0 aliphatic carbocycles. The van der Waals surface area contributed by atoms with Gasteiger partial charge in [0.15, 0.2) is 5.78 Å². The van der Waals surface area contributed by atoms with Gasteiger partial charge in [0.2, 0.25) is 0 Å². The maximum absolute atomic E-state index is 12.5. The highest BCUT2D eigenvalue weighted by Crippen LogP contribution is 2.30. The molecule has 2 aromatic carbocycles. The molecule has 2 aromatic heterocycles. The molecule has 2 heterocycles. The Morgan fingerprint density at radius 1 is 0.952 bits per heavy atom. The molecule has 2 nitrogen and oxygen atoms in total. The molecule has 0 amide bonds. The Morgan fingerprint density at radius 2 is 1.76 bits per heavy atom. The topological polar surface area (TPSA) is 30.2 Å². The fraction of sp³-hybridized carbons (Fsp3) is 0. The van der Waals surface area contributed by atoms with Gasteiger partial charge in [-0.15, -0.1) is 11.3 Å². The maximum Gasteiger partial charge on any atom is 0.193 e. The fourth-order valence-electron chi connectivity index (χ4n) is 2.46. The summed E-state index contributed by atoms with van der Waals surface area (Å²) in [4.78, 5) is 12.5. The zero-order chi connectivity index (χ0) is 14.4. The number of furan rings is 1. The van der Waals surface area contributed by atoms with E-state index in [4.69, 9.17) is 4.42 Å². The molecular formula is C17H9BrO2S. The highest BCUT2D eigenvalue weighted by Gasteiger charge is 2.14. The van der Waals surface area contributed by atoms with E-state index in [9.17, 15) is 4.79 Å². The van der Waals surface area contributed by atoms with Crippen molar-refractivity contribution in [3.63, 3.8) is 0 Å². The molecule has 0 N–H and O–H groups in total. The number of hydrogen-bond acceptors (Lipinski definition) is 3. The molecule has 21 heavy (non-hydrogen) atoms. The molecule has 0 bridgehead atoms. The van der Waals surface area contributed by atoms with Crippen molar-refractivity contribution in [1.82, 2.24) is 0 Å². The number of para-hydroxylation sites is 1. The number of carbonyl (C=O) groups excluding carboxylic acids is 1. The predicted octanol–water partition coefficient (Wildman–Crippen LogP) is 5.64. The second-order valence-electron chi connectivity index (χ2n) is 4.78. The zero-order valence-electron chi connectivity index (χ0n) is 10.8. The Bertz CT molecular complexity index is 981. The van der Waals surface area contributed by atoms with Crippen LogP contribution in [0.3, 0.4) is 0 Å². The number of benzene rings is 2. The van der Waals surface area contributed by atoms with Crippen LogP contribution in [0.4, 0.5) is 0 Å². The van der Waals surface area contributed by atoms with Crippen molar-refractivity contribution in [3.05, 3.63) is 68.8 Å². The molecule has 0 unspecified atom stereocenters. The van der Waals surface area contributed by atoms with Gasteiger partial charge < -0.3 is 4.42 Å². The number of rotatable bonds is 2. The van der Waals surface area contributed by atoms with Crippen LogP contribution in [0.25, 0.3) is 21.9 Å². The Morgan fingerprint density at radius 3 is 2.57 bits per heavy atom. The lowest BCUT2D eigenvalue weighted by molar-refractivity contribution is 0.103. The Balaban J connectivity index is 1.90. The van der Waals surface area contributed by atoms with Crippen molar-refractivity contribution in [2.75, 3.05) is 0 Å². The van der Waals surface area contributed by atoms with Crippen LogP contribution >= 0.6 is 27.3 Å². The van der Waals surface area contributed by atoms with Crippen molar-refractivity contribution in [1.29, 1.82) is 0 Å². The molecule has 0 fully saturated rings. The first-order chi connectivity index (χ1) is 10.2. The van der Waals surface area contributed by atoms with Crippen LogP contribution in [0.1, 0.15) is 15.9 Å². The smallest absolute Gasteiger partial charge is 0.193 e. The monoisotopic (exact) mass is 356 g/mol. The van der Waals surface area contributed by atoms with Crippen LogP contribution in [0.2, 0.25) is 0 Å². The van der Waals surface area contributed by atoms with E-state index in [1.165, 1.54) is 11.3 Å². The minimum atomic E-state index is 0.0316. The van der Waals surface area contributed by atoms with Crippen LogP contribution in [0, 0.1) is 0 Å². The first-order valence-corrected chi connectivity index (χ1v) is 8.10. The first-order valence-electron chi connectivity index (χ1n) is 6.42. The van der Waals surface area contributed by atoms with Crippen molar-refractivity contribution in [2.45, 2.75) is 0 Å². The summed E-state index contributed by atoms with van der Waals surface area (Å²) < 4.78 is 6.74. The molecule has 0 aliphatic heterocycles. The minimum absolute atomic E-state index is 0.0316. The van der Waals surface area contributed by atoms with Gasteiger partial charge in [0, 0.05) is 27.3 Å². The molecule has 0 atom stereocenters. The van der Waals surface area contributed by atoms with Gasteiger partial charge in [-0.3, -0.25) is 4.79 Å². The van der Waals surface area contributed by atoms with Gasteiger partial charge in [0.05, 0.1) is 3.79 Å². The number of carbonyl (C=O) groups is 1. The van der Waals surface area contributed by atoms with Crippen LogP contribution in [-0.2, 0) is 0 Å². The van der Waals surface area contributed by atoms with Crippen molar-refractivity contribution < 1.29 is 9.21 Å². The second-order valence-corrected chi connectivity index (χ2v) is 7.07. The van der Waals surface area contributed by atoms with Gasteiger partial charge in [0.1, 0.15) is 11.2 Å². The van der Waals surface area contributed by atoms with E-state index in [1.54, 1.807) is 0 Å². The van der Waals surface area contributed by atoms with Gasteiger partial charge in [-0.05, 0) is 46.3 Å². The third kappa shape index (κ3) is 2.11. The number of halogens is 1. The van der Waals surface area contributed by atoms with Crippen LogP contribution in [0.5, 0.6) is 0 Å². The summed E-state index contributed by atoms with van der Waals surface area (Å²) >= 11 is 4.90. The quantitative estimate of drug-likeness (QED) is 0.435. The summed E-state index contributed by atoms with van der Waals surface area (Å²) in [7, 11) is 0. The van der Waals surface area contributed by atoms with Crippen molar-refractivity contribution >= 4 is 55.0 Å². The van der Waals surface area contributed by atoms with E-state index >= 15 is 0 Å². The van der Waals surface area contributed by atoms with Crippen molar-refractivity contribution in [3.8, 4) is 0 Å². The molecule has 4 heteroatoms. The number of fused-ring (bicyclic) bond motifs is 3. The largest absolute Gasteiger partial charge is 0.456 e. The number of ketones is 1. The summed E-state index contributed by atoms with van der Waals surface area (Å²) in [6.07, 6.45) is 0. The predicted molar refractivity (Wildman–Crippen MR) is 89.2 cm³/mol. The molecule has 0 aliphatic rings. The molecule has 0 radical (unpaired) electrons. The molecule has 4 rings (SSSR count). The average Bonchev–Trinajstić information content (AvgIpc) is 3.09.